The van der Waals surface area contributed by atoms with Crippen LogP contribution in [0.15, 0.2) is 29.2 Å². The molecule has 0 spiro atoms. The largest absolute Gasteiger partial charge is 0.673 e. The summed E-state index contributed by atoms with van der Waals surface area (Å²) < 4.78 is 68.5. The van der Waals surface area contributed by atoms with Crippen LogP contribution in [0, 0.1) is 5.39 Å². The van der Waals surface area contributed by atoms with Gasteiger partial charge in [-0.1, -0.05) is 0 Å². The van der Waals surface area contributed by atoms with E-state index in [4.69, 9.17) is 9.95 Å². The van der Waals surface area contributed by atoms with E-state index in [0.717, 1.165) is 12.1 Å². The molecule has 0 unspecified atom stereocenters. The predicted octanol–water partition coefficient (Wildman–Crippen LogP) is 2.72. The predicted molar refractivity (Wildman–Crippen MR) is 51.2 cm³/mol. The summed E-state index contributed by atoms with van der Waals surface area (Å²) in [5.41, 5.74) is 0.224. The van der Waals surface area contributed by atoms with Crippen LogP contribution in [0.4, 0.5) is 23.0 Å². The molecule has 94 valence electrons. The molecule has 1 N–H and O–H groups in total. The molecule has 17 heavy (non-hydrogen) atoms. The van der Waals surface area contributed by atoms with Crippen LogP contribution in [0.5, 0.6) is 0 Å². The van der Waals surface area contributed by atoms with E-state index >= 15 is 0 Å². The summed E-state index contributed by atoms with van der Waals surface area (Å²) in [5.74, 6) is 0. The van der Waals surface area contributed by atoms with Crippen LogP contribution in [0.2, 0.25) is 0 Å². The van der Waals surface area contributed by atoms with E-state index in [-0.39, 0.29) is 10.6 Å². The van der Waals surface area contributed by atoms with E-state index in [1.54, 1.807) is 0 Å². The van der Waals surface area contributed by atoms with Gasteiger partial charge in [-0.05, 0) is 12.1 Å². The smallest absolute Gasteiger partial charge is 0.418 e. The van der Waals surface area contributed by atoms with Crippen molar-refractivity contribution in [3.05, 3.63) is 29.2 Å². The fraction of sp³-hybridized carbons (Fsp3) is 0. The summed E-state index contributed by atoms with van der Waals surface area (Å²) in [4.78, 5) is 2.59. The second-order valence-corrected chi connectivity index (χ2v) is 3.99. The molecule has 11 heteroatoms. The Morgan fingerprint density at radius 2 is 1.47 bits per heavy atom. The van der Waals surface area contributed by atoms with Gasteiger partial charge in [0, 0.05) is 12.1 Å². The molecule has 0 amide bonds. The maximum absolute atomic E-state index is 10.5. The van der Waals surface area contributed by atoms with E-state index in [9.17, 15) is 25.7 Å². The first-order chi connectivity index (χ1) is 7.54. The summed E-state index contributed by atoms with van der Waals surface area (Å²) in [6.45, 7) is 0. The van der Waals surface area contributed by atoms with Crippen molar-refractivity contribution < 1.29 is 30.2 Å². The molecule has 0 bridgehead atoms. The van der Waals surface area contributed by atoms with Crippen molar-refractivity contribution in [2.24, 2.45) is 0 Å². The number of nitrogens with zero attached hydrogens (tertiary/aromatic N) is 2. The molecule has 0 fully saturated rings. The molecule has 5 nitrogen and oxygen atoms in total. The Morgan fingerprint density at radius 1 is 1.12 bits per heavy atom. The summed E-state index contributed by atoms with van der Waals surface area (Å²) in [6.07, 6.45) is 0. The van der Waals surface area contributed by atoms with Gasteiger partial charge in [0.1, 0.15) is 0 Å². The number of diazo groups is 1. The van der Waals surface area contributed by atoms with Crippen LogP contribution in [-0.4, -0.2) is 20.2 Å². The van der Waals surface area contributed by atoms with Gasteiger partial charge in [0.2, 0.25) is 5.39 Å². The molecule has 0 aromatic heterocycles. The van der Waals surface area contributed by atoms with Crippen LogP contribution in [-0.2, 0) is 10.1 Å². The minimum Gasteiger partial charge on any atom is -0.418 e. The van der Waals surface area contributed by atoms with Crippen molar-refractivity contribution in [3.63, 3.8) is 0 Å². The minimum absolute atomic E-state index is 0.224. The third-order valence-electron chi connectivity index (χ3n) is 1.25. The molecule has 0 aliphatic heterocycles. The Balaban J connectivity index is 0.000000437. The van der Waals surface area contributed by atoms with Crippen molar-refractivity contribution in [2.45, 2.75) is 4.90 Å². The second kappa shape index (κ2) is 5.60. The number of rotatable bonds is 1. The van der Waals surface area contributed by atoms with Gasteiger partial charge in [0.25, 0.3) is 10.1 Å². The van der Waals surface area contributed by atoms with E-state index < -0.39 is 17.4 Å². The Hall–Kier alpha value is -1.67. The van der Waals surface area contributed by atoms with Crippen LogP contribution < -0.4 is 0 Å². The van der Waals surface area contributed by atoms with Gasteiger partial charge in [-0.25, -0.2) is 0 Å². The fourth-order valence-corrected chi connectivity index (χ4v) is 1.16. The normalized spacial score (nSPS) is 11.1. The van der Waals surface area contributed by atoms with Crippen LogP contribution >= 0.6 is 0 Å². The first-order valence-corrected chi connectivity index (χ1v) is 5.28. The Bertz CT molecular complexity index is 502. The highest BCUT2D eigenvalue weighted by molar-refractivity contribution is 7.85. The lowest BCUT2D eigenvalue weighted by Crippen LogP contribution is -2.02. The lowest BCUT2D eigenvalue weighted by Gasteiger charge is -1.94. The van der Waals surface area contributed by atoms with Crippen molar-refractivity contribution >= 4 is 23.1 Å². The van der Waals surface area contributed by atoms with Crippen molar-refractivity contribution in [1.29, 1.82) is 5.39 Å². The van der Waals surface area contributed by atoms with Crippen LogP contribution in [0.25, 0.3) is 4.98 Å². The molecular weight excluding hydrogens is 267 g/mol. The topological polar surface area (TPSA) is 82.5 Å². The third kappa shape index (κ3) is 8.17. The molecule has 0 heterocycles. The molecule has 0 aliphatic carbocycles. The molecule has 0 aliphatic rings. The lowest BCUT2D eigenvalue weighted by atomic mass is 10.3. The Labute approximate surface area is 93.5 Å². The lowest BCUT2D eigenvalue weighted by molar-refractivity contribution is 0.368. The first-order valence-electron chi connectivity index (χ1n) is 3.84. The zero-order valence-corrected chi connectivity index (χ0v) is 8.78. The van der Waals surface area contributed by atoms with E-state index in [0.29, 0.717) is 0 Å². The molecule has 1 rings (SSSR count). The molecule has 0 saturated carbocycles. The molecule has 0 radical (unpaired) electrons. The van der Waals surface area contributed by atoms with Gasteiger partial charge in [-0.15, -0.1) is 0 Å². The fourth-order valence-electron chi connectivity index (χ4n) is 0.685. The average molecular weight is 272 g/mol. The summed E-state index contributed by atoms with van der Waals surface area (Å²) >= 11 is 0. The van der Waals surface area contributed by atoms with Crippen molar-refractivity contribution in [3.8, 4) is 0 Å². The standard InChI is InChI=1S/C6H4N2O3S.BF4/c7-8-5-1-3-6(4-2-5)12(9,10)11;2-1(3,4)5/h1-4H;/q;-1/p+1. The number of hydrogen-bond acceptors (Lipinski definition) is 3. The van der Waals surface area contributed by atoms with Gasteiger partial charge >= 0.3 is 12.9 Å². The maximum Gasteiger partial charge on any atom is 0.673 e. The third-order valence-corrected chi connectivity index (χ3v) is 2.12. The van der Waals surface area contributed by atoms with Gasteiger partial charge in [-0.3, -0.25) is 4.55 Å². The SMILES string of the molecule is F[B-](F)(F)F.N#[N+]c1ccc(S(=O)(=O)O)cc1. The summed E-state index contributed by atoms with van der Waals surface area (Å²) in [7, 11) is -10.2. The second-order valence-electron chi connectivity index (χ2n) is 2.56. The van der Waals surface area contributed by atoms with Gasteiger partial charge < -0.3 is 17.3 Å². The summed E-state index contributed by atoms with van der Waals surface area (Å²) in [5, 5.41) is 8.24. The highest BCUT2D eigenvalue weighted by atomic mass is 32.2. The number of hydrogen-bond donors (Lipinski definition) is 1. The van der Waals surface area contributed by atoms with Crippen LogP contribution in [0.1, 0.15) is 0 Å². The Morgan fingerprint density at radius 3 is 1.71 bits per heavy atom. The summed E-state index contributed by atoms with van der Waals surface area (Å²) in [6, 6.07) is 4.82. The highest BCUT2D eigenvalue weighted by Gasteiger charge is 2.20. The van der Waals surface area contributed by atoms with E-state index in [1.807, 2.05) is 0 Å². The Kier molecular flexibility index (Phi) is 5.05. The zero-order chi connectivity index (χ0) is 13.7. The minimum atomic E-state index is -6.00. The number of benzene rings is 1. The van der Waals surface area contributed by atoms with Crippen molar-refractivity contribution in [2.75, 3.05) is 0 Å². The monoisotopic (exact) mass is 272 g/mol. The number of halogens is 4. The average Bonchev–Trinajstić information content (AvgIpc) is 2.14. The molecule has 0 atom stereocenters. The van der Waals surface area contributed by atoms with Gasteiger partial charge in [-0.2, -0.15) is 8.42 Å². The molecular formula is C6H5BF4N2O3S. The zero-order valence-electron chi connectivity index (χ0n) is 7.96. The quantitative estimate of drug-likeness (QED) is 0.368. The molecule has 1 aromatic carbocycles. The highest BCUT2D eigenvalue weighted by Crippen LogP contribution is 2.15. The van der Waals surface area contributed by atoms with Crippen molar-refractivity contribution in [1.82, 2.24) is 0 Å². The van der Waals surface area contributed by atoms with Gasteiger partial charge in [0.15, 0.2) is 4.98 Å². The first kappa shape index (κ1) is 15.3. The van der Waals surface area contributed by atoms with E-state index in [1.165, 1.54) is 12.1 Å². The van der Waals surface area contributed by atoms with E-state index in [2.05, 4.69) is 4.98 Å². The van der Waals surface area contributed by atoms with Gasteiger partial charge in [0.05, 0.1) is 4.90 Å². The molecule has 1 aromatic rings. The molecule has 0 saturated heterocycles. The maximum atomic E-state index is 10.5. The van der Waals surface area contributed by atoms with Crippen LogP contribution in [0.3, 0.4) is 0 Å².